The fourth-order valence-corrected chi connectivity index (χ4v) is 3.40. The highest BCUT2D eigenvalue weighted by atomic mass is 16.3. The summed E-state index contributed by atoms with van der Waals surface area (Å²) >= 11 is 0. The topological polar surface area (TPSA) is 79.2 Å². The maximum atomic E-state index is 13.0. The number of aliphatic hydroxyl groups is 1. The van der Waals surface area contributed by atoms with Crippen LogP contribution >= 0.6 is 0 Å². The number of amides is 1. The Morgan fingerprint density at radius 1 is 1.00 bits per heavy atom. The fraction of sp³-hybridized carbons (Fsp3) is 0.167. The minimum absolute atomic E-state index is 0.103. The molecule has 30 heavy (non-hydrogen) atoms. The van der Waals surface area contributed by atoms with Gasteiger partial charge in [0.1, 0.15) is 6.54 Å². The highest BCUT2D eigenvalue weighted by Gasteiger charge is 2.15. The number of aromatic nitrogens is 2. The van der Waals surface area contributed by atoms with E-state index in [0.717, 1.165) is 27.8 Å². The zero-order valence-corrected chi connectivity index (χ0v) is 16.7. The molecule has 0 bridgehead atoms. The fourth-order valence-electron chi connectivity index (χ4n) is 3.40. The lowest BCUT2D eigenvalue weighted by Gasteiger charge is -2.14. The summed E-state index contributed by atoms with van der Waals surface area (Å²) in [6.45, 7) is 2.15. The maximum Gasteiger partial charge on any atom is 0.244 e. The summed E-state index contributed by atoms with van der Waals surface area (Å²) in [7, 11) is 0. The molecular weight excluding hydrogens is 376 g/mol. The van der Waals surface area contributed by atoms with Gasteiger partial charge in [0.15, 0.2) is 0 Å². The number of carbonyl (C=O) groups is 1. The monoisotopic (exact) mass is 400 g/mol. The van der Waals surface area contributed by atoms with Crippen LogP contribution in [-0.2, 0) is 11.3 Å². The largest absolute Gasteiger partial charge is 0.392 e. The van der Waals surface area contributed by atoms with Crippen LogP contribution in [0.4, 0.5) is 11.6 Å². The first kappa shape index (κ1) is 19.7. The van der Waals surface area contributed by atoms with E-state index < -0.39 is 6.10 Å². The van der Waals surface area contributed by atoms with Gasteiger partial charge in [-0.3, -0.25) is 4.79 Å². The van der Waals surface area contributed by atoms with Gasteiger partial charge in [-0.05, 0) is 30.7 Å². The van der Waals surface area contributed by atoms with Crippen molar-refractivity contribution in [3.05, 3.63) is 78.9 Å². The predicted molar refractivity (Wildman–Crippen MR) is 120 cm³/mol. The van der Waals surface area contributed by atoms with Gasteiger partial charge < -0.3 is 20.3 Å². The van der Waals surface area contributed by atoms with Crippen LogP contribution in [-0.4, -0.2) is 33.2 Å². The summed E-state index contributed by atoms with van der Waals surface area (Å²) in [6, 6.07) is 25.4. The minimum atomic E-state index is -0.523. The number of nitrogens with one attached hydrogen (secondary N) is 2. The van der Waals surface area contributed by atoms with Gasteiger partial charge in [0, 0.05) is 17.8 Å². The van der Waals surface area contributed by atoms with E-state index in [9.17, 15) is 9.90 Å². The molecule has 0 aliphatic carbocycles. The third-order valence-electron chi connectivity index (χ3n) is 4.80. The molecule has 3 aromatic carbocycles. The predicted octanol–water partition coefficient (Wildman–Crippen LogP) is 4.13. The van der Waals surface area contributed by atoms with Crippen LogP contribution in [0.1, 0.15) is 6.92 Å². The molecule has 0 radical (unpaired) electrons. The average molecular weight is 400 g/mol. The maximum absolute atomic E-state index is 13.0. The summed E-state index contributed by atoms with van der Waals surface area (Å²) < 4.78 is 1.83. The van der Waals surface area contributed by atoms with E-state index in [4.69, 9.17) is 0 Å². The number of rotatable bonds is 7. The number of benzene rings is 3. The molecule has 0 fully saturated rings. The quantitative estimate of drug-likeness (QED) is 0.436. The van der Waals surface area contributed by atoms with Gasteiger partial charge in [0.05, 0.1) is 17.1 Å². The number of imidazole rings is 1. The molecule has 0 aliphatic rings. The molecule has 0 saturated carbocycles. The lowest BCUT2D eigenvalue weighted by molar-refractivity contribution is -0.116. The van der Waals surface area contributed by atoms with Crippen molar-refractivity contribution < 1.29 is 9.90 Å². The lowest BCUT2D eigenvalue weighted by atomic mass is 10.0. The van der Waals surface area contributed by atoms with Gasteiger partial charge >= 0.3 is 0 Å². The number of hydrogen-bond acceptors (Lipinski definition) is 4. The molecule has 0 saturated heterocycles. The second kappa shape index (κ2) is 8.80. The van der Waals surface area contributed by atoms with E-state index in [2.05, 4.69) is 15.6 Å². The van der Waals surface area contributed by atoms with Crippen molar-refractivity contribution in [3.63, 3.8) is 0 Å². The van der Waals surface area contributed by atoms with Gasteiger partial charge in [-0.2, -0.15) is 0 Å². The standard InChI is InChI=1S/C24H24N4O2/c1-17(29)15-25-24-27-21-13-7-8-14-22(21)28(24)16-23(30)26-20-12-6-5-11-19(20)18-9-3-2-4-10-18/h2-14,17,29H,15-16H2,1H3,(H,25,27)(H,26,30). The van der Waals surface area contributed by atoms with Crippen LogP contribution in [0.5, 0.6) is 0 Å². The number of anilines is 2. The Bertz CT molecular complexity index is 1150. The molecule has 4 rings (SSSR count). The van der Waals surface area contributed by atoms with Gasteiger partial charge in [0.25, 0.3) is 0 Å². The summed E-state index contributed by atoms with van der Waals surface area (Å²) in [5.74, 6) is 0.408. The summed E-state index contributed by atoms with van der Waals surface area (Å²) in [6.07, 6.45) is -0.523. The van der Waals surface area contributed by atoms with Crippen molar-refractivity contribution >= 4 is 28.6 Å². The number of fused-ring (bicyclic) bond motifs is 1. The molecule has 1 amide bonds. The van der Waals surface area contributed by atoms with Crippen molar-refractivity contribution in [1.29, 1.82) is 0 Å². The second-order valence-electron chi connectivity index (χ2n) is 7.20. The van der Waals surface area contributed by atoms with E-state index >= 15 is 0 Å². The molecule has 1 heterocycles. The molecule has 6 nitrogen and oxygen atoms in total. The second-order valence-corrected chi connectivity index (χ2v) is 7.20. The molecular formula is C24H24N4O2. The summed E-state index contributed by atoms with van der Waals surface area (Å²) in [4.78, 5) is 17.5. The van der Waals surface area contributed by atoms with Gasteiger partial charge in [-0.1, -0.05) is 60.7 Å². The average Bonchev–Trinajstić information content (AvgIpc) is 3.10. The Morgan fingerprint density at radius 2 is 1.70 bits per heavy atom. The Balaban J connectivity index is 1.60. The normalized spacial score (nSPS) is 11.9. The Kier molecular flexibility index (Phi) is 5.77. The molecule has 6 heteroatoms. The molecule has 3 N–H and O–H groups in total. The van der Waals surface area contributed by atoms with Gasteiger partial charge in [-0.15, -0.1) is 0 Å². The lowest BCUT2D eigenvalue weighted by Crippen LogP contribution is -2.22. The first-order valence-electron chi connectivity index (χ1n) is 9.93. The van der Waals surface area contributed by atoms with Crippen LogP contribution < -0.4 is 10.6 Å². The van der Waals surface area contributed by atoms with E-state index in [0.29, 0.717) is 12.5 Å². The molecule has 152 valence electrons. The highest BCUT2D eigenvalue weighted by molar-refractivity contribution is 5.96. The number of aliphatic hydroxyl groups excluding tert-OH is 1. The van der Waals surface area contributed by atoms with Crippen molar-refractivity contribution in [3.8, 4) is 11.1 Å². The summed E-state index contributed by atoms with van der Waals surface area (Å²) in [5.41, 5.74) is 4.42. The van der Waals surface area contributed by atoms with E-state index in [1.807, 2.05) is 83.4 Å². The SMILES string of the molecule is CC(O)CNc1nc2ccccc2n1CC(=O)Nc1ccccc1-c1ccccc1. The molecule has 1 unspecified atom stereocenters. The van der Waals surface area contributed by atoms with Crippen molar-refractivity contribution in [2.45, 2.75) is 19.6 Å². The zero-order chi connectivity index (χ0) is 20.9. The van der Waals surface area contributed by atoms with Crippen molar-refractivity contribution in [2.24, 2.45) is 0 Å². The van der Waals surface area contributed by atoms with Crippen LogP contribution in [0.25, 0.3) is 22.2 Å². The van der Waals surface area contributed by atoms with E-state index in [-0.39, 0.29) is 12.5 Å². The zero-order valence-electron chi connectivity index (χ0n) is 16.7. The minimum Gasteiger partial charge on any atom is -0.392 e. The van der Waals surface area contributed by atoms with Crippen LogP contribution in [0.3, 0.4) is 0 Å². The van der Waals surface area contributed by atoms with Crippen molar-refractivity contribution in [2.75, 3.05) is 17.2 Å². The van der Waals surface area contributed by atoms with Crippen LogP contribution in [0.2, 0.25) is 0 Å². The van der Waals surface area contributed by atoms with Gasteiger partial charge in [0.2, 0.25) is 11.9 Å². The molecule has 0 spiro atoms. The Hall–Kier alpha value is -3.64. The Labute approximate surface area is 175 Å². The van der Waals surface area contributed by atoms with Crippen LogP contribution in [0.15, 0.2) is 78.9 Å². The molecule has 4 aromatic rings. The Morgan fingerprint density at radius 3 is 2.50 bits per heavy atom. The first-order chi connectivity index (χ1) is 14.6. The number of carbonyl (C=O) groups excluding carboxylic acids is 1. The smallest absolute Gasteiger partial charge is 0.244 e. The number of hydrogen-bond donors (Lipinski definition) is 3. The molecule has 0 aliphatic heterocycles. The highest BCUT2D eigenvalue weighted by Crippen LogP contribution is 2.28. The third-order valence-corrected chi connectivity index (χ3v) is 4.80. The summed E-state index contributed by atoms with van der Waals surface area (Å²) in [5, 5.41) is 15.8. The molecule has 1 aromatic heterocycles. The number of nitrogens with zero attached hydrogens (tertiary/aromatic N) is 2. The molecule has 1 atom stereocenters. The van der Waals surface area contributed by atoms with Crippen molar-refractivity contribution in [1.82, 2.24) is 9.55 Å². The van der Waals surface area contributed by atoms with Gasteiger partial charge in [-0.25, -0.2) is 4.98 Å². The van der Waals surface area contributed by atoms with Crippen LogP contribution in [0, 0.1) is 0 Å². The third kappa shape index (κ3) is 4.34. The first-order valence-corrected chi connectivity index (χ1v) is 9.93. The van der Waals surface area contributed by atoms with E-state index in [1.165, 1.54) is 0 Å². The number of para-hydroxylation sites is 3. The van der Waals surface area contributed by atoms with E-state index in [1.54, 1.807) is 6.92 Å².